The molecule has 0 radical (unpaired) electrons. The Morgan fingerprint density at radius 1 is 1.09 bits per heavy atom. The second-order valence-corrected chi connectivity index (χ2v) is 9.13. The molecule has 1 atom stereocenters. The number of ether oxygens (including phenoxy) is 1. The van der Waals surface area contributed by atoms with E-state index in [1.807, 2.05) is 54.6 Å². The smallest absolute Gasteiger partial charge is 0.226 e. The van der Waals surface area contributed by atoms with Crippen LogP contribution in [0.15, 0.2) is 79.0 Å². The van der Waals surface area contributed by atoms with Crippen molar-refractivity contribution in [3.8, 4) is 10.9 Å². The van der Waals surface area contributed by atoms with Crippen LogP contribution in [-0.4, -0.2) is 20.7 Å². The number of para-hydroxylation sites is 1. The first kappa shape index (κ1) is 20.6. The van der Waals surface area contributed by atoms with Gasteiger partial charge in [0.15, 0.2) is 0 Å². The molecule has 0 spiro atoms. The number of halogens is 1. The van der Waals surface area contributed by atoms with Gasteiger partial charge in [-0.25, -0.2) is 9.37 Å². The minimum absolute atomic E-state index is 0.0632. The highest BCUT2D eigenvalue weighted by Crippen LogP contribution is 2.39. The Kier molecular flexibility index (Phi) is 5.07. The Labute approximate surface area is 198 Å². The van der Waals surface area contributed by atoms with Crippen LogP contribution in [0.25, 0.3) is 15.3 Å². The van der Waals surface area contributed by atoms with Gasteiger partial charge in [-0.15, -0.1) is 0 Å². The van der Waals surface area contributed by atoms with Crippen LogP contribution in [0.2, 0.25) is 0 Å². The van der Waals surface area contributed by atoms with E-state index < -0.39 is 0 Å². The number of nitrogens with one attached hydrogen (secondary N) is 1. The van der Waals surface area contributed by atoms with Crippen molar-refractivity contribution in [1.29, 1.82) is 0 Å². The van der Waals surface area contributed by atoms with Crippen molar-refractivity contribution in [2.45, 2.75) is 18.9 Å². The summed E-state index contributed by atoms with van der Waals surface area (Å²) in [7, 11) is 0. The molecule has 3 heterocycles. The van der Waals surface area contributed by atoms with Crippen molar-refractivity contribution < 1.29 is 13.9 Å². The number of carbonyl (C=O) groups excluding carboxylic acids is 1. The summed E-state index contributed by atoms with van der Waals surface area (Å²) in [6, 6.07) is 21.9. The molecule has 0 unspecified atom stereocenters. The zero-order valence-electron chi connectivity index (χ0n) is 17.9. The monoisotopic (exact) mass is 470 g/mol. The van der Waals surface area contributed by atoms with E-state index in [0.29, 0.717) is 23.1 Å². The molecule has 1 amide bonds. The van der Waals surface area contributed by atoms with Gasteiger partial charge in [0.25, 0.3) is 0 Å². The molecule has 1 aliphatic heterocycles. The van der Waals surface area contributed by atoms with Gasteiger partial charge in [0.2, 0.25) is 11.0 Å². The molecule has 6 nitrogen and oxygen atoms in total. The molecule has 5 aromatic rings. The molecule has 0 aliphatic carbocycles. The first-order valence-corrected chi connectivity index (χ1v) is 11.7. The fourth-order valence-corrected chi connectivity index (χ4v) is 5.13. The molecule has 0 saturated carbocycles. The van der Waals surface area contributed by atoms with Crippen molar-refractivity contribution in [1.82, 2.24) is 14.8 Å². The number of hydrogen-bond acceptors (Lipinski definition) is 5. The van der Waals surface area contributed by atoms with E-state index in [1.54, 1.807) is 16.9 Å². The fourth-order valence-electron chi connectivity index (χ4n) is 4.20. The highest BCUT2D eigenvalue weighted by atomic mass is 32.1. The van der Waals surface area contributed by atoms with Crippen molar-refractivity contribution in [3.05, 3.63) is 102 Å². The Morgan fingerprint density at radius 3 is 2.76 bits per heavy atom. The number of anilines is 1. The van der Waals surface area contributed by atoms with Gasteiger partial charge in [-0.2, -0.15) is 9.78 Å². The first-order chi connectivity index (χ1) is 16.6. The quantitative estimate of drug-likeness (QED) is 0.359. The van der Waals surface area contributed by atoms with Crippen molar-refractivity contribution in [2.24, 2.45) is 0 Å². The highest BCUT2D eigenvalue weighted by molar-refractivity contribution is 7.20. The predicted octanol–water partition coefficient (Wildman–Crippen LogP) is 5.67. The Hall–Kier alpha value is -4.04. The number of rotatable bonds is 5. The third-order valence-corrected chi connectivity index (χ3v) is 6.87. The summed E-state index contributed by atoms with van der Waals surface area (Å²) in [5.41, 5.74) is 3.62. The van der Waals surface area contributed by atoms with Crippen LogP contribution in [0.1, 0.15) is 29.0 Å². The van der Waals surface area contributed by atoms with Gasteiger partial charge in [0.05, 0.1) is 16.4 Å². The fraction of sp³-hybridized carbons (Fsp3) is 0.115. The van der Waals surface area contributed by atoms with Gasteiger partial charge in [-0.3, -0.25) is 4.79 Å². The molecule has 3 aromatic carbocycles. The number of amides is 1. The van der Waals surface area contributed by atoms with Crippen LogP contribution >= 0.6 is 11.3 Å². The van der Waals surface area contributed by atoms with Gasteiger partial charge in [-0.05, 0) is 47.5 Å². The normalized spacial score (nSPS) is 15.2. The summed E-state index contributed by atoms with van der Waals surface area (Å²) in [4.78, 5) is 17.3. The van der Waals surface area contributed by atoms with Gasteiger partial charge in [0, 0.05) is 17.9 Å². The largest absolute Gasteiger partial charge is 0.489 e. The molecular weight excluding hydrogens is 451 g/mol. The van der Waals surface area contributed by atoms with Gasteiger partial charge < -0.3 is 10.1 Å². The maximum Gasteiger partial charge on any atom is 0.226 e. The maximum absolute atomic E-state index is 13.4. The number of hydrogen-bond donors (Lipinski definition) is 1. The van der Waals surface area contributed by atoms with Crippen LogP contribution in [-0.2, 0) is 11.4 Å². The maximum atomic E-state index is 13.4. The van der Waals surface area contributed by atoms with Crippen molar-refractivity contribution >= 4 is 33.3 Å². The molecule has 1 N–H and O–H groups in total. The third kappa shape index (κ3) is 3.82. The Balaban J connectivity index is 1.26. The van der Waals surface area contributed by atoms with Gasteiger partial charge in [0.1, 0.15) is 24.0 Å². The molecular formula is C26H19FN4O2S. The molecule has 2 aromatic heterocycles. The lowest BCUT2D eigenvalue weighted by Gasteiger charge is -2.23. The van der Waals surface area contributed by atoms with Crippen LogP contribution < -0.4 is 10.1 Å². The second kappa shape index (κ2) is 8.39. The average Bonchev–Trinajstić information content (AvgIpc) is 3.46. The van der Waals surface area contributed by atoms with E-state index in [1.165, 1.54) is 23.5 Å². The van der Waals surface area contributed by atoms with E-state index in [-0.39, 0.29) is 24.2 Å². The summed E-state index contributed by atoms with van der Waals surface area (Å²) in [5, 5.41) is 8.25. The molecule has 34 heavy (non-hydrogen) atoms. The summed E-state index contributed by atoms with van der Waals surface area (Å²) in [6.07, 6.45) is 2.14. The summed E-state index contributed by atoms with van der Waals surface area (Å²) < 4.78 is 21.9. The van der Waals surface area contributed by atoms with Crippen LogP contribution in [0, 0.1) is 5.82 Å². The minimum atomic E-state index is -0.283. The van der Waals surface area contributed by atoms with E-state index in [0.717, 1.165) is 26.9 Å². The lowest BCUT2D eigenvalue weighted by Crippen LogP contribution is -2.24. The Morgan fingerprint density at radius 2 is 1.94 bits per heavy atom. The molecule has 6 rings (SSSR count). The van der Waals surface area contributed by atoms with E-state index in [2.05, 4.69) is 15.4 Å². The first-order valence-electron chi connectivity index (χ1n) is 10.8. The van der Waals surface area contributed by atoms with Crippen LogP contribution in [0.3, 0.4) is 0 Å². The van der Waals surface area contributed by atoms with Crippen LogP contribution in [0.4, 0.5) is 10.2 Å². The molecule has 0 fully saturated rings. The van der Waals surface area contributed by atoms with E-state index >= 15 is 0 Å². The highest BCUT2D eigenvalue weighted by Gasteiger charge is 2.31. The van der Waals surface area contributed by atoms with Crippen LogP contribution in [0.5, 0.6) is 5.75 Å². The zero-order valence-corrected chi connectivity index (χ0v) is 18.8. The predicted molar refractivity (Wildman–Crippen MR) is 129 cm³/mol. The number of benzene rings is 3. The number of aromatic nitrogens is 3. The molecule has 8 heteroatoms. The second-order valence-electron chi connectivity index (χ2n) is 8.12. The lowest BCUT2D eigenvalue weighted by atomic mass is 9.87. The topological polar surface area (TPSA) is 69.0 Å². The molecule has 0 saturated heterocycles. The number of thiazole rings is 1. The van der Waals surface area contributed by atoms with E-state index in [4.69, 9.17) is 4.74 Å². The SMILES string of the molecule is O=C1C[C@H](c2ccc(OCc3cccc(F)c3)cc2)c2cnn(-c3nc4ccccc4s3)c2N1. The summed E-state index contributed by atoms with van der Waals surface area (Å²) >= 11 is 1.53. The average molecular weight is 471 g/mol. The zero-order chi connectivity index (χ0) is 23.1. The third-order valence-electron chi connectivity index (χ3n) is 5.86. The number of fused-ring (bicyclic) bond motifs is 2. The summed E-state index contributed by atoms with van der Waals surface area (Å²) in [6.45, 7) is 0.280. The van der Waals surface area contributed by atoms with Gasteiger partial charge in [-0.1, -0.05) is 47.7 Å². The van der Waals surface area contributed by atoms with E-state index in [9.17, 15) is 9.18 Å². The summed E-state index contributed by atoms with van der Waals surface area (Å²) in [5.74, 6) is 0.871. The Bertz CT molecular complexity index is 1480. The molecule has 1 aliphatic rings. The van der Waals surface area contributed by atoms with Gasteiger partial charge >= 0.3 is 0 Å². The number of carbonyl (C=O) groups is 1. The molecule has 0 bridgehead atoms. The molecule has 168 valence electrons. The lowest BCUT2D eigenvalue weighted by molar-refractivity contribution is -0.116. The minimum Gasteiger partial charge on any atom is -0.489 e. The number of nitrogens with zero attached hydrogens (tertiary/aromatic N) is 3. The van der Waals surface area contributed by atoms with Crippen molar-refractivity contribution in [2.75, 3.05) is 5.32 Å². The van der Waals surface area contributed by atoms with Crippen molar-refractivity contribution in [3.63, 3.8) is 0 Å². The standard InChI is InChI=1S/C26H19FN4O2S/c27-18-5-3-4-16(12-18)15-33-19-10-8-17(9-11-19)20-13-24(32)30-25-21(20)14-28-31(25)26-29-22-6-1-2-7-23(22)34-26/h1-12,14,20H,13,15H2,(H,30,32)/t20-/m1/s1.